The van der Waals surface area contributed by atoms with Gasteiger partial charge in [-0.3, -0.25) is 9.59 Å². The molecule has 6 nitrogen and oxygen atoms in total. The van der Waals surface area contributed by atoms with Crippen LogP contribution >= 0.6 is 0 Å². The number of benzene rings is 3. The van der Waals surface area contributed by atoms with Crippen LogP contribution in [0.5, 0.6) is 0 Å². The SMILES string of the molecule is CC(=O)Nc1ccc(/C=C/C(=O)c2ccc(-n3nncc3-c3ccccc3)cc2)cc1. The molecule has 6 heteroatoms. The Kier molecular flexibility index (Phi) is 5.80. The van der Waals surface area contributed by atoms with Crippen LogP contribution in [0.4, 0.5) is 5.69 Å². The Bertz CT molecular complexity index is 1220. The first-order valence-electron chi connectivity index (χ1n) is 9.77. The molecule has 152 valence electrons. The molecule has 1 amide bonds. The average Bonchev–Trinajstić information content (AvgIpc) is 3.29. The number of hydrogen-bond donors (Lipinski definition) is 1. The van der Waals surface area contributed by atoms with Gasteiger partial charge in [0, 0.05) is 23.7 Å². The lowest BCUT2D eigenvalue weighted by atomic mass is 10.1. The van der Waals surface area contributed by atoms with Crippen molar-refractivity contribution >= 4 is 23.5 Å². The summed E-state index contributed by atoms with van der Waals surface area (Å²) in [5.41, 5.74) is 4.88. The lowest BCUT2D eigenvalue weighted by molar-refractivity contribution is -0.114. The molecule has 0 fully saturated rings. The van der Waals surface area contributed by atoms with Gasteiger partial charge >= 0.3 is 0 Å². The molecule has 0 saturated heterocycles. The molecule has 1 heterocycles. The van der Waals surface area contributed by atoms with Gasteiger partial charge in [-0.2, -0.15) is 0 Å². The molecule has 0 unspecified atom stereocenters. The second kappa shape index (κ2) is 9.00. The Labute approximate surface area is 179 Å². The Morgan fingerprint density at radius 2 is 1.61 bits per heavy atom. The Morgan fingerprint density at radius 3 is 2.29 bits per heavy atom. The van der Waals surface area contributed by atoms with Crippen molar-refractivity contribution in [2.45, 2.75) is 6.92 Å². The predicted molar refractivity (Wildman–Crippen MR) is 121 cm³/mol. The van der Waals surface area contributed by atoms with Gasteiger partial charge < -0.3 is 5.32 Å². The molecule has 4 aromatic rings. The molecule has 1 aromatic heterocycles. The molecule has 0 atom stereocenters. The van der Waals surface area contributed by atoms with Gasteiger partial charge in [-0.25, -0.2) is 4.68 Å². The maximum Gasteiger partial charge on any atom is 0.221 e. The van der Waals surface area contributed by atoms with E-state index in [1.54, 1.807) is 41.2 Å². The van der Waals surface area contributed by atoms with E-state index >= 15 is 0 Å². The first-order valence-corrected chi connectivity index (χ1v) is 9.77. The molecule has 4 rings (SSSR count). The first-order chi connectivity index (χ1) is 15.1. The van der Waals surface area contributed by atoms with Crippen molar-refractivity contribution in [3.63, 3.8) is 0 Å². The highest BCUT2D eigenvalue weighted by atomic mass is 16.1. The van der Waals surface area contributed by atoms with Gasteiger partial charge in [0.2, 0.25) is 5.91 Å². The molecule has 0 aliphatic carbocycles. The minimum Gasteiger partial charge on any atom is -0.326 e. The normalized spacial score (nSPS) is 10.9. The molecular weight excluding hydrogens is 388 g/mol. The summed E-state index contributed by atoms with van der Waals surface area (Å²) in [7, 11) is 0. The van der Waals surface area contributed by atoms with Gasteiger partial charge in [0.15, 0.2) is 5.78 Å². The molecule has 1 N–H and O–H groups in total. The quantitative estimate of drug-likeness (QED) is 0.368. The Morgan fingerprint density at radius 1 is 0.903 bits per heavy atom. The summed E-state index contributed by atoms with van der Waals surface area (Å²) in [6.45, 7) is 1.46. The minimum absolute atomic E-state index is 0.0978. The van der Waals surface area contributed by atoms with Gasteiger partial charge in [-0.05, 0) is 48.0 Å². The van der Waals surface area contributed by atoms with Gasteiger partial charge in [0.1, 0.15) is 0 Å². The van der Waals surface area contributed by atoms with Crippen molar-refractivity contribution in [1.29, 1.82) is 0 Å². The van der Waals surface area contributed by atoms with E-state index in [1.165, 1.54) is 13.0 Å². The highest BCUT2D eigenvalue weighted by molar-refractivity contribution is 6.06. The van der Waals surface area contributed by atoms with E-state index in [9.17, 15) is 9.59 Å². The van der Waals surface area contributed by atoms with Crippen molar-refractivity contribution in [2.24, 2.45) is 0 Å². The van der Waals surface area contributed by atoms with Crippen LogP contribution < -0.4 is 5.32 Å². The van der Waals surface area contributed by atoms with Crippen LogP contribution in [0.1, 0.15) is 22.8 Å². The smallest absolute Gasteiger partial charge is 0.221 e. The van der Waals surface area contributed by atoms with Crippen LogP contribution in [0.2, 0.25) is 0 Å². The molecular formula is C25H20N4O2. The number of nitrogens with one attached hydrogen (secondary N) is 1. The molecule has 0 radical (unpaired) electrons. The number of nitrogens with zero attached hydrogens (tertiary/aromatic N) is 3. The van der Waals surface area contributed by atoms with Gasteiger partial charge in [-0.15, -0.1) is 5.10 Å². The average molecular weight is 408 g/mol. The van der Waals surface area contributed by atoms with Crippen LogP contribution in [-0.2, 0) is 4.79 Å². The summed E-state index contributed by atoms with van der Waals surface area (Å²) in [4.78, 5) is 23.6. The van der Waals surface area contributed by atoms with E-state index in [0.717, 1.165) is 28.2 Å². The zero-order valence-corrected chi connectivity index (χ0v) is 16.9. The number of carbonyl (C=O) groups excluding carboxylic acids is 2. The fraction of sp³-hybridized carbons (Fsp3) is 0.0400. The number of allylic oxidation sites excluding steroid dienone is 1. The van der Waals surface area contributed by atoms with Crippen molar-refractivity contribution in [2.75, 3.05) is 5.32 Å². The number of anilines is 1. The standard InChI is InChI=1S/C25H20N4O2/c1-18(30)27-22-12-7-19(8-13-22)9-16-25(31)21-10-14-23(15-11-21)29-24(17-26-28-29)20-5-3-2-4-6-20/h2-17H,1H3,(H,27,30)/b16-9+. The fourth-order valence-electron chi connectivity index (χ4n) is 3.15. The summed E-state index contributed by atoms with van der Waals surface area (Å²) < 4.78 is 1.75. The third-order valence-corrected chi connectivity index (χ3v) is 4.67. The maximum atomic E-state index is 12.5. The summed E-state index contributed by atoms with van der Waals surface area (Å²) in [6.07, 6.45) is 5.00. The summed E-state index contributed by atoms with van der Waals surface area (Å²) >= 11 is 0. The van der Waals surface area contributed by atoms with Crippen molar-refractivity contribution in [3.8, 4) is 16.9 Å². The van der Waals surface area contributed by atoms with Gasteiger partial charge in [0.05, 0.1) is 17.6 Å². The number of rotatable bonds is 6. The Hall–Kier alpha value is -4.32. The largest absolute Gasteiger partial charge is 0.326 e. The molecule has 0 spiro atoms. The van der Waals surface area contributed by atoms with Gasteiger partial charge in [-0.1, -0.05) is 53.8 Å². The minimum atomic E-state index is -0.122. The molecule has 3 aromatic carbocycles. The van der Waals surface area contributed by atoms with Crippen LogP contribution in [0.25, 0.3) is 23.0 Å². The molecule has 31 heavy (non-hydrogen) atoms. The summed E-state index contributed by atoms with van der Waals surface area (Å²) in [5, 5.41) is 10.9. The summed E-state index contributed by atoms with van der Waals surface area (Å²) in [6, 6.07) is 24.4. The number of carbonyl (C=O) groups is 2. The zero-order valence-electron chi connectivity index (χ0n) is 16.9. The van der Waals surface area contributed by atoms with Crippen LogP contribution in [0.3, 0.4) is 0 Å². The topological polar surface area (TPSA) is 76.9 Å². The number of hydrogen-bond acceptors (Lipinski definition) is 4. The number of amides is 1. The fourth-order valence-corrected chi connectivity index (χ4v) is 3.15. The predicted octanol–water partition coefficient (Wildman–Crippen LogP) is 4.79. The van der Waals surface area contributed by atoms with Crippen molar-refractivity contribution < 1.29 is 9.59 Å². The van der Waals surface area contributed by atoms with E-state index in [2.05, 4.69) is 15.6 Å². The second-order valence-electron chi connectivity index (χ2n) is 6.94. The van der Waals surface area contributed by atoms with Crippen LogP contribution in [0.15, 0.2) is 91.1 Å². The molecule has 0 saturated carbocycles. The highest BCUT2D eigenvalue weighted by Gasteiger charge is 2.09. The third kappa shape index (κ3) is 4.82. The lowest BCUT2D eigenvalue weighted by Crippen LogP contribution is -2.05. The van der Waals surface area contributed by atoms with Crippen molar-refractivity contribution in [3.05, 3.63) is 102 Å². The second-order valence-corrected chi connectivity index (χ2v) is 6.94. The molecule has 0 aliphatic rings. The monoisotopic (exact) mass is 408 g/mol. The first kappa shape index (κ1) is 20.0. The van der Waals surface area contributed by atoms with E-state index < -0.39 is 0 Å². The molecule has 0 aliphatic heterocycles. The summed E-state index contributed by atoms with van der Waals surface area (Å²) in [5.74, 6) is -0.219. The zero-order chi connectivity index (χ0) is 21.6. The van der Waals surface area contributed by atoms with E-state index in [1.807, 2.05) is 54.6 Å². The van der Waals surface area contributed by atoms with E-state index in [-0.39, 0.29) is 11.7 Å². The third-order valence-electron chi connectivity index (χ3n) is 4.67. The maximum absolute atomic E-state index is 12.5. The van der Waals surface area contributed by atoms with Crippen molar-refractivity contribution in [1.82, 2.24) is 15.0 Å². The molecule has 0 bridgehead atoms. The van der Waals surface area contributed by atoms with Gasteiger partial charge in [0.25, 0.3) is 0 Å². The van der Waals surface area contributed by atoms with Crippen LogP contribution in [-0.4, -0.2) is 26.7 Å². The van der Waals surface area contributed by atoms with E-state index in [4.69, 9.17) is 0 Å². The number of aromatic nitrogens is 3. The Balaban J connectivity index is 1.47. The van der Waals surface area contributed by atoms with E-state index in [0.29, 0.717) is 5.56 Å². The highest BCUT2D eigenvalue weighted by Crippen LogP contribution is 2.21. The van der Waals surface area contributed by atoms with Crippen LogP contribution in [0, 0.1) is 0 Å². The number of ketones is 1. The lowest BCUT2D eigenvalue weighted by Gasteiger charge is -2.07.